The first kappa shape index (κ1) is 14.2. The number of hydrogen-bond acceptors (Lipinski definition) is 3. The second kappa shape index (κ2) is 5.65. The fourth-order valence-electron chi connectivity index (χ4n) is 1.85. The number of aromatic nitrogens is 2. The maximum Gasteiger partial charge on any atom is 0.0879 e. The molecule has 0 saturated heterocycles. The van der Waals surface area contributed by atoms with E-state index in [1.54, 1.807) is 7.11 Å². The largest absolute Gasteiger partial charge is 0.382 e. The topological polar surface area (TPSA) is 39.1 Å². The van der Waals surface area contributed by atoms with Crippen LogP contribution in [0, 0.1) is 13.8 Å². The van der Waals surface area contributed by atoms with Gasteiger partial charge >= 0.3 is 0 Å². The van der Waals surface area contributed by atoms with Crippen LogP contribution in [0.5, 0.6) is 0 Å². The lowest BCUT2D eigenvalue weighted by Gasteiger charge is -2.26. The van der Waals surface area contributed by atoms with Gasteiger partial charge in [-0.05, 0) is 40.7 Å². The molecule has 1 unspecified atom stereocenters. The van der Waals surface area contributed by atoms with Gasteiger partial charge in [-0.2, -0.15) is 5.10 Å². The summed E-state index contributed by atoms with van der Waals surface area (Å²) in [6.45, 7) is 12.1. The van der Waals surface area contributed by atoms with Crippen molar-refractivity contribution in [2.45, 2.75) is 46.2 Å². The Hall–Kier alpha value is -0.870. The van der Waals surface area contributed by atoms with Crippen LogP contribution in [0.3, 0.4) is 0 Å². The maximum absolute atomic E-state index is 5.29. The van der Waals surface area contributed by atoms with Crippen LogP contribution < -0.4 is 5.32 Å². The van der Waals surface area contributed by atoms with Crippen LogP contribution in [0.25, 0.3) is 0 Å². The summed E-state index contributed by atoms with van der Waals surface area (Å²) >= 11 is 0. The Morgan fingerprint density at radius 1 is 1.41 bits per heavy atom. The van der Waals surface area contributed by atoms with Crippen LogP contribution in [0.1, 0.15) is 38.2 Å². The molecule has 1 heterocycles. The Bertz CT molecular complexity index is 352. The molecule has 0 aliphatic heterocycles. The number of rotatable bonds is 5. The molecule has 1 aromatic heterocycles. The maximum atomic E-state index is 5.29. The lowest BCUT2D eigenvalue weighted by Crippen LogP contribution is -2.41. The van der Waals surface area contributed by atoms with Crippen LogP contribution in [0.4, 0.5) is 0 Å². The van der Waals surface area contributed by atoms with Crippen LogP contribution in [-0.4, -0.2) is 35.6 Å². The average molecular weight is 239 g/mol. The van der Waals surface area contributed by atoms with Crippen molar-refractivity contribution in [1.82, 2.24) is 15.1 Å². The average Bonchev–Trinajstić information content (AvgIpc) is 2.51. The molecule has 1 atom stereocenters. The Kier molecular flexibility index (Phi) is 4.71. The van der Waals surface area contributed by atoms with Crippen molar-refractivity contribution in [3.8, 4) is 0 Å². The normalized spacial score (nSPS) is 14.0. The fraction of sp³-hybridized carbons (Fsp3) is 0.769. The van der Waals surface area contributed by atoms with Crippen molar-refractivity contribution in [1.29, 1.82) is 0 Å². The third-order valence-corrected chi connectivity index (χ3v) is 2.62. The van der Waals surface area contributed by atoms with Crippen molar-refractivity contribution >= 4 is 0 Å². The lowest BCUT2D eigenvalue weighted by atomic mass is 10.1. The Labute approximate surface area is 104 Å². The molecule has 4 heteroatoms. The van der Waals surface area contributed by atoms with E-state index in [9.17, 15) is 0 Å². The van der Waals surface area contributed by atoms with Gasteiger partial charge in [-0.1, -0.05) is 0 Å². The van der Waals surface area contributed by atoms with Gasteiger partial charge in [-0.15, -0.1) is 0 Å². The minimum atomic E-state index is 0.113. The fourth-order valence-corrected chi connectivity index (χ4v) is 1.85. The number of ether oxygens (including phenoxy) is 1. The van der Waals surface area contributed by atoms with Gasteiger partial charge in [0.1, 0.15) is 0 Å². The molecule has 0 amide bonds. The van der Waals surface area contributed by atoms with Crippen molar-refractivity contribution in [2.24, 2.45) is 0 Å². The molecule has 0 aromatic carbocycles. The van der Waals surface area contributed by atoms with Gasteiger partial charge in [0.15, 0.2) is 0 Å². The van der Waals surface area contributed by atoms with Crippen LogP contribution in [0.2, 0.25) is 0 Å². The number of aryl methyl sites for hydroxylation is 2. The second-order valence-electron chi connectivity index (χ2n) is 5.61. The molecule has 0 saturated carbocycles. The van der Waals surface area contributed by atoms with E-state index in [2.05, 4.69) is 48.9 Å². The van der Waals surface area contributed by atoms with Gasteiger partial charge in [-0.3, -0.25) is 4.68 Å². The summed E-state index contributed by atoms with van der Waals surface area (Å²) in [5.41, 5.74) is 2.35. The van der Waals surface area contributed by atoms with E-state index in [4.69, 9.17) is 4.74 Å². The standard InChI is InChI=1S/C13H25N3O/c1-10-7-11(2)16(15-10)12(9-17-6)8-14-13(3,4)5/h7,12,14H,8-9H2,1-6H3. The molecule has 0 spiro atoms. The molecule has 0 aliphatic rings. The van der Waals surface area contributed by atoms with Crippen molar-refractivity contribution < 1.29 is 4.74 Å². The van der Waals surface area contributed by atoms with E-state index in [1.807, 2.05) is 6.92 Å². The van der Waals surface area contributed by atoms with E-state index in [1.165, 1.54) is 5.69 Å². The summed E-state index contributed by atoms with van der Waals surface area (Å²) in [7, 11) is 1.73. The highest BCUT2D eigenvalue weighted by atomic mass is 16.5. The summed E-state index contributed by atoms with van der Waals surface area (Å²) in [5.74, 6) is 0. The highest BCUT2D eigenvalue weighted by Crippen LogP contribution is 2.12. The zero-order valence-corrected chi connectivity index (χ0v) is 11.9. The first-order valence-electron chi connectivity index (χ1n) is 6.10. The first-order chi connectivity index (χ1) is 7.83. The van der Waals surface area contributed by atoms with E-state index in [0.717, 1.165) is 12.2 Å². The number of nitrogens with zero attached hydrogens (tertiary/aromatic N) is 2. The summed E-state index contributed by atoms with van der Waals surface area (Å²) in [6.07, 6.45) is 0. The molecule has 0 fully saturated rings. The molecule has 98 valence electrons. The summed E-state index contributed by atoms with van der Waals surface area (Å²) in [4.78, 5) is 0. The molecular formula is C13H25N3O. The zero-order chi connectivity index (χ0) is 13.1. The Balaban J connectivity index is 2.75. The SMILES string of the molecule is COCC(CNC(C)(C)C)n1nc(C)cc1C. The van der Waals surface area contributed by atoms with Gasteiger partial charge in [0.05, 0.1) is 18.3 Å². The van der Waals surface area contributed by atoms with Crippen LogP contribution in [-0.2, 0) is 4.74 Å². The minimum Gasteiger partial charge on any atom is -0.382 e. The molecular weight excluding hydrogens is 214 g/mol. The molecule has 0 bridgehead atoms. The molecule has 4 nitrogen and oxygen atoms in total. The third-order valence-electron chi connectivity index (χ3n) is 2.62. The first-order valence-corrected chi connectivity index (χ1v) is 6.10. The minimum absolute atomic E-state index is 0.113. The van der Waals surface area contributed by atoms with Crippen LogP contribution >= 0.6 is 0 Å². The zero-order valence-electron chi connectivity index (χ0n) is 11.9. The highest BCUT2D eigenvalue weighted by Gasteiger charge is 2.17. The molecule has 1 aromatic rings. The van der Waals surface area contributed by atoms with Crippen molar-refractivity contribution in [3.05, 3.63) is 17.5 Å². The number of hydrogen-bond donors (Lipinski definition) is 1. The monoisotopic (exact) mass is 239 g/mol. The smallest absolute Gasteiger partial charge is 0.0879 e. The molecule has 1 rings (SSSR count). The number of nitrogens with one attached hydrogen (secondary N) is 1. The van der Waals surface area contributed by atoms with Gasteiger partial charge in [-0.25, -0.2) is 0 Å². The molecule has 17 heavy (non-hydrogen) atoms. The van der Waals surface area contributed by atoms with Gasteiger partial charge < -0.3 is 10.1 Å². The van der Waals surface area contributed by atoms with Crippen LogP contribution in [0.15, 0.2) is 6.07 Å². The Morgan fingerprint density at radius 3 is 2.47 bits per heavy atom. The predicted molar refractivity (Wildman–Crippen MR) is 70.4 cm³/mol. The summed E-state index contributed by atoms with van der Waals surface area (Å²) < 4.78 is 7.34. The highest BCUT2D eigenvalue weighted by molar-refractivity contribution is 5.07. The van der Waals surface area contributed by atoms with E-state index < -0.39 is 0 Å². The van der Waals surface area contributed by atoms with E-state index in [0.29, 0.717) is 6.61 Å². The Morgan fingerprint density at radius 2 is 2.06 bits per heavy atom. The summed E-state index contributed by atoms with van der Waals surface area (Å²) in [6, 6.07) is 2.34. The van der Waals surface area contributed by atoms with Gasteiger partial charge in [0.2, 0.25) is 0 Å². The van der Waals surface area contributed by atoms with Gasteiger partial charge in [0.25, 0.3) is 0 Å². The second-order valence-corrected chi connectivity index (χ2v) is 5.61. The van der Waals surface area contributed by atoms with Crippen molar-refractivity contribution in [2.75, 3.05) is 20.3 Å². The molecule has 1 N–H and O–H groups in total. The van der Waals surface area contributed by atoms with E-state index >= 15 is 0 Å². The van der Waals surface area contributed by atoms with Gasteiger partial charge in [0, 0.05) is 24.9 Å². The predicted octanol–water partition coefficient (Wildman–Crippen LogP) is 2.08. The molecule has 0 aliphatic carbocycles. The third kappa shape index (κ3) is 4.48. The quantitative estimate of drug-likeness (QED) is 0.855. The molecule has 0 radical (unpaired) electrons. The van der Waals surface area contributed by atoms with Crippen molar-refractivity contribution in [3.63, 3.8) is 0 Å². The number of methoxy groups -OCH3 is 1. The summed E-state index contributed by atoms with van der Waals surface area (Å²) in [5, 5.41) is 8.03. The van der Waals surface area contributed by atoms with E-state index in [-0.39, 0.29) is 11.6 Å². The lowest BCUT2D eigenvalue weighted by molar-refractivity contribution is 0.142.